The van der Waals surface area contributed by atoms with Crippen LogP contribution in [0.1, 0.15) is 74.1 Å². The Hall–Kier alpha value is -1.62. The first kappa shape index (κ1) is 17.5. The van der Waals surface area contributed by atoms with E-state index in [4.69, 9.17) is 5.10 Å². The van der Waals surface area contributed by atoms with E-state index in [0.29, 0.717) is 5.92 Å². The predicted octanol–water partition coefficient (Wildman–Crippen LogP) is 3.51. The predicted molar refractivity (Wildman–Crippen MR) is 108 cm³/mol. The Morgan fingerprint density at radius 2 is 1.81 bits per heavy atom. The molecule has 1 saturated carbocycles. The number of pyridine rings is 1. The van der Waals surface area contributed by atoms with Crippen molar-refractivity contribution in [2.75, 3.05) is 19.6 Å². The lowest BCUT2D eigenvalue weighted by molar-refractivity contribution is 0.178. The summed E-state index contributed by atoms with van der Waals surface area (Å²) in [6, 6.07) is 0. The fraction of sp³-hybridized carbons (Fsp3) is 0.727. The summed E-state index contributed by atoms with van der Waals surface area (Å²) in [5.41, 5.74) is 4.62. The van der Waals surface area contributed by atoms with Crippen molar-refractivity contribution in [3.63, 3.8) is 0 Å². The topological polar surface area (TPSA) is 53.9 Å². The summed E-state index contributed by atoms with van der Waals surface area (Å²) in [6.07, 6.45) is 12.5. The average Bonchev–Trinajstić information content (AvgIpc) is 3.31. The summed E-state index contributed by atoms with van der Waals surface area (Å²) < 4.78 is 1.91. The second kappa shape index (κ2) is 7.08. The number of likely N-dealkylation sites (tertiary alicyclic amines) is 1. The fourth-order valence-corrected chi connectivity index (χ4v) is 5.89. The van der Waals surface area contributed by atoms with Gasteiger partial charge in [-0.3, -0.25) is 9.48 Å². The molecular formula is C22H32N4O. The van der Waals surface area contributed by atoms with E-state index in [1.165, 1.54) is 74.7 Å². The molecule has 2 aromatic rings. The minimum absolute atomic E-state index is 0.109. The molecule has 1 unspecified atom stereocenters. The maximum Gasteiger partial charge on any atom is 0.253 e. The lowest BCUT2D eigenvalue weighted by atomic mass is 9.86. The van der Waals surface area contributed by atoms with E-state index in [-0.39, 0.29) is 5.56 Å². The van der Waals surface area contributed by atoms with E-state index < -0.39 is 0 Å². The van der Waals surface area contributed by atoms with E-state index >= 15 is 0 Å². The number of fused-ring (bicyclic) bond motifs is 3. The molecule has 2 fully saturated rings. The van der Waals surface area contributed by atoms with E-state index in [2.05, 4.69) is 9.88 Å². The minimum atomic E-state index is 0.109. The maximum absolute atomic E-state index is 12.6. The van der Waals surface area contributed by atoms with Crippen LogP contribution in [0, 0.1) is 5.92 Å². The Kier molecular flexibility index (Phi) is 4.58. The van der Waals surface area contributed by atoms with Gasteiger partial charge in [-0.1, -0.05) is 12.8 Å². The van der Waals surface area contributed by atoms with E-state index in [1.54, 1.807) is 0 Å². The number of hydrogen-bond acceptors (Lipinski definition) is 3. The maximum atomic E-state index is 12.6. The third kappa shape index (κ3) is 3.14. The lowest BCUT2D eigenvalue weighted by Crippen LogP contribution is -2.37. The van der Waals surface area contributed by atoms with Crippen LogP contribution in [0.5, 0.6) is 0 Å². The average molecular weight is 369 g/mol. The minimum Gasteiger partial charge on any atom is -0.307 e. The Morgan fingerprint density at radius 3 is 2.63 bits per heavy atom. The van der Waals surface area contributed by atoms with Crippen LogP contribution in [0.2, 0.25) is 0 Å². The summed E-state index contributed by atoms with van der Waals surface area (Å²) in [5, 5.41) is 6.23. The Morgan fingerprint density at radius 1 is 1.04 bits per heavy atom. The van der Waals surface area contributed by atoms with Crippen LogP contribution in [-0.2, 0) is 19.9 Å². The number of hydrogen-bond donors (Lipinski definition) is 1. The highest BCUT2D eigenvalue weighted by Crippen LogP contribution is 2.36. The number of H-pyrrole nitrogens is 1. The number of nitrogens with zero attached hydrogens (tertiary/aromatic N) is 3. The van der Waals surface area contributed by atoms with Crippen molar-refractivity contribution in [2.45, 2.75) is 70.1 Å². The normalized spacial score (nSPS) is 24.6. The number of aromatic amines is 1. The van der Waals surface area contributed by atoms with Crippen LogP contribution < -0.4 is 5.56 Å². The molecule has 146 valence electrons. The number of aromatic nitrogens is 3. The van der Waals surface area contributed by atoms with Gasteiger partial charge in [0.05, 0.1) is 5.69 Å². The molecule has 0 spiro atoms. The molecule has 0 aromatic carbocycles. The van der Waals surface area contributed by atoms with E-state index in [9.17, 15) is 4.79 Å². The first-order valence-corrected chi connectivity index (χ1v) is 11.0. The number of aryl methyl sites for hydroxylation is 2. The number of rotatable bonds is 3. The van der Waals surface area contributed by atoms with Gasteiger partial charge >= 0.3 is 0 Å². The fourth-order valence-electron chi connectivity index (χ4n) is 5.89. The van der Waals surface area contributed by atoms with Gasteiger partial charge in [0.2, 0.25) is 0 Å². The van der Waals surface area contributed by atoms with Crippen molar-refractivity contribution < 1.29 is 0 Å². The smallest absolute Gasteiger partial charge is 0.253 e. The quantitative estimate of drug-likeness (QED) is 0.902. The molecular weight excluding hydrogens is 336 g/mol. The Labute approximate surface area is 161 Å². The second-order valence-corrected chi connectivity index (χ2v) is 9.10. The van der Waals surface area contributed by atoms with Gasteiger partial charge in [0.15, 0.2) is 0 Å². The highest BCUT2D eigenvalue weighted by Gasteiger charge is 2.30. The van der Waals surface area contributed by atoms with Gasteiger partial charge in [0.1, 0.15) is 5.65 Å². The summed E-state index contributed by atoms with van der Waals surface area (Å²) in [5.74, 6) is 1.41. The van der Waals surface area contributed by atoms with Gasteiger partial charge in [-0.2, -0.15) is 5.10 Å². The van der Waals surface area contributed by atoms with E-state index in [1.807, 2.05) is 11.7 Å². The monoisotopic (exact) mass is 368 g/mol. The third-order valence-corrected chi connectivity index (χ3v) is 7.23. The zero-order valence-electron chi connectivity index (χ0n) is 16.6. The van der Waals surface area contributed by atoms with Crippen molar-refractivity contribution in [1.29, 1.82) is 0 Å². The van der Waals surface area contributed by atoms with Gasteiger partial charge in [-0.25, -0.2) is 0 Å². The van der Waals surface area contributed by atoms with Crippen LogP contribution in [0.3, 0.4) is 0 Å². The molecule has 5 nitrogen and oxygen atoms in total. The molecule has 5 heteroatoms. The third-order valence-electron chi connectivity index (χ3n) is 7.23. The summed E-state index contributed by atoms with van der Waals surface area (Å²) in [7, 11) is 1.98. The second-order valence-electron chi connectivity index (χ2n) is 9.10. The highest BCUT2D eigenvalue weighted by atomic mass is 16.1. The molecule has 5 rings (SSSR count). The standard InChI is InChI=1S/C22H32N4O/c1-25-21-19(17-10-4-5-11-18(17)22(27)23-21)20(24-25)16-9-6-12-26(14-16)13-15-7-2-3-8-15/h15-16H,2-14H2,1H3,(H,23,27). The van der Waals surface area contributed by atoms with Gasteiger partial charge in [0, 0.05) is 37.0 Å². The molecule has 27 heavy (non-hydrogen) atoms. The molecule has 1 atom stereocenters. The molecule has 0 amide bonds. The largest absolute Gasteiger partial charge is 0.307 e. The highest BCUT2D eigenvalue weighted by molar-refractivity contribution is 5.84. The molecule has 2 aromatic heterocycles. The van der Waals surface area contributed by atoms with Crippen LogP contribution >= 0.6 is 0 Å². The van der Waals surface area contributed by atoms with Crippen molar-refractivity contribution in [3.05, 3.63) is 27.2 Å². The summed E-state index contributed by atoms with van der Waals surface area (Å²) >= 11 is 0. The van der Waals surface area contributed by atoms with Crippen molar-refractivity contribution >= 4 is 11.0 Å². The molecule has 1 saturated heterocycles. The van der Waals surface area contributed by atoms with Crippen molar-refractivity contribution in [2.24, 2.45) is 13.0 Å². The van der Waals surface area contributed by atoms with Crippen LogP contribution in [-0.4, -0.2) is 39.3 Å². The van der Waals surface area contributed by atoms with E-state index in [0.717, 1.165) is 42.9 Å². The summed E-state index contributed by atoms with van der Waals surface area (Å²) in [6.45, 7) is 3.65. The molecule has 0 radical (unpaired) electrons. The van der Waals surface area contributed by atoms with Crippen LogP contribution in [0.15, 0.2) is 4.79 Å². The van der Waals surface area contributed by atoms with Crippen molar-refractivity contribution in [3.8, 4) is 0 Å². The molecule has 1 N–H and O–H groups in total. The molecule has 1 aliphatic heterocycles. The van der Waals surface area contributed by atoms with Crippen LogP contribution in [0.25, 0.3) is 11.0 Å². The first-order valence-electron chi connectivity index (χ1n) is 11.0. The van der Waals surface area contributed by atoms with Crippen LogP contribution in [0.4, 0.5) is 0 Å². The number of piperidine rings is 1. The van der Waals surface area contributed by atoms with Gasteiger partial charge in [-0.15, -0.1) is 0 Å². The number of nitrogens with one attached hydrogen (secondary N) is 1. The first-order chi connectivity index (χ1) is 13.2. The summed E-state index contributed by atoms with van der Waals surface area (Å²) in [4.78, 5) is 18.4. The SMILES string of the molecule is Cn1nc(C2CCCN(CC3CCCC3)C2)c2c3c(c(=O)[nH]c21)CCCC3. The zero-order valence-corrected chi connectivity index (χ0v) is 16.6. The van der Waals surface area contributed by atoms with Gasteiger partial charge < -0.3 is 9.88 Å². The lowest BCUT2D eigenvalue weighted by Gasteiger charge is -2.34. The molecule has 2 aliphatic carbocycles. The van der Waals surface area contributed by atoms with Gasteiger partial charge in [-0.05, 0) is 69.4 Å². The Bertz CT molecular complexity index is 890. The van der Waals surface area contributed by atoms with Gasteiger partial charge in [0.25, 0.3) is 5.56 Å². The molecule has 3 aliphatic rings. The molecule has 0 bridgehead atoms. The van der Waals surface area contributed by atoms with Crippen molar-refractivity contribution in [1.82, 2.24) is 19.7 Å². The zero-order chi connectivity index (χ0) is 18.4. The molecule has 3 heterocycles. The Balaban J connectivity index is 1.49.